The number of hydrogen-bond acceptors (Lipinski definition) is 7. The summed E-state index contributed by atoms with van der Waals surface area (Å²) in [4.78, 5) is 32.4. The molecule has 1 aromatic heterocycles. The standard InChI is InChI=1S/C29H30BrIN2O5S/c1-7-36-28(35)24-17(6)32-29-33(25(24)19-10-8-9-11-22(19)37-15(2)3)27(34)23(39-29)14-18-12-20(30)26(21(31)13-18)38-16(4)5/h8-16,25H,7H2,1-6H3/b23-14-/t25-/m0/s1. The van der Waals surface area contributed by atoms with E-state index in [1.165, 1.54) is 11.3 Å². The van der Waals surface area contributed by atoms with E-state index in [4.69, 9.17) is 14.2 Å². The summed E-state index contributed by atoms with van der Waals surface area (Å²) in [6, 6.07) is 10.6. The minimum Gasteiger partial charge on any atom is -0.491 e. The highest BCUT2D eigenvalue weighted by molar-refractivity contribution is 14.1. The summed E-state index contributed by atoms with van der Waals surface area (Å²) in [5.74, 6) is 0.861. The summed E-state index contributed by atoms with van der Waals surface area (Å²) in [6.07, 6.45) is 1.78. The summed E-state index contributed by atoms with van der Waals surface area (Å²) in [6.45, 7) is 11.6. The number of para-hydroxylation sites is 1. The molecule has 4 rings (SSSR count). The number of benzene rings is 2. The molecule has 1 aliphatic rings. The monoisotopic (exact) mass is 724 g/mol. The van der Waals surface area contributed by atoms with E-state index in [2.05, 4.69) is 43.5 Å². The second kappa shape index (κ2) is 12.4. The molecule has 206 valence electrons. The van der Waals surface area contributed by atoms with Gasteiger partial charge in [-0.3, -0.25) is 9.36 Å². The van der Waals surface area contributed by atoms with Gasteiger partial charge >= 0.3 is 5.97 Å². The molecular weight excluding hydrogens is 695 g/mol. The number of carbonyl (C=O) groups excluding carboxylic acids is 1. The van der Waals surface area contributed by atoms with E-state index in [0.717, 1.165) is 19.4 Å². The number of rotatable bonds is 8. The number of thiazole rings is 1. The number of allylic oxidation sites excluding steroid dienone is 1. The third kappa shape index (κ3) is 6.33. The SMILES string of the molecule is CCOC(=O)C1=C(C)N=c2s/c(=C\c3cc(Br)c(OC(C)C)c(I)c3)c(=O)n2[C@H]1c1ccccc1OC(C)C. The molecule has 2 heterocycles. The molecule has 39 heavy (non-hydrogen) atoms. The van der Waals surface area contributed by atoms with Gasteiger partial charge in [-0.15, -0.1) is 0 Å². The van der Waals surface area contributed by atoms with Gasteiger partial charge in [-0.1, -0.05) is 29.5 Å². The van der Waals surface area contributed by atoms with Crippen LogP contribution >= 0.6 is 49.9 Å². The molecule has 0 spiro atoms. The first-order valence-electron chi connectivity index (χ1n) is 12.6. The van der Waals surface area contributed by atoms with E-state index in [0.29, 0.717) is 31.9 Å². The Morgan fingerprint density at radius 3 is 2.51 bits per heavy atom. The van der Waals surface area contributed by atoms with Gasteiger partial charge in [0.2, 0.25) is 0 Å². The highest BCUT2D eigenvalue weighted by Crippen LogP contribution is 2.36. The third-order valence-corrected chi connectivity index (χ3v) is 8.14. The zero-order valence-corrected chi connectivity index (χ0v) is 27.1. The molecule has 1 aliphatic heterocycles. The van der Waals surface area contributed by atoms with Crippen molar-refractivity contribution >= 4 is 61.9 Å². The first kappa shape index (κ1) is 29.5. The Labute approximate surface area is 253 Å². The minimum atomic E-state index is -0.744. The molecule has 0 saturated carbocycles. The maximum atomic E-state index is 14.0. The molecule has 0 saturated heterocycles. The predicted molar refractivity (Wildman–Crippen MR) is 165 cm³/mol. The van der Waals surface area contributed by atoms with Crippen LogP contribution in [0.25, 0.3) is 6.08 Å². The molecule has 10 heteroatoms. The van der Waals surface area contributed by atoms with Crippen LogP contribution in [-0.2, 0) is 9.53 Å². The number of aromatic nitrogens is 1. The Hall–Kier alpha value is -2.44. The fraction of sp³-hybridized carbons (Fsp3) is 0.345. The van der Waals surface area contributed by atoms with Gasteiger partial charge in [-0.05, 0) is 110 Å². The molecule has 0 bridgehead atoms. The molecule has 7 nitrogen and oxygen atoms in total. The molecule has 1 atom stereocenters. The lowest BCUT2D eigenvalue weighted by Crippen LogP contribution is -2.40. The number of ether oxygens (including phenoxy) is 3. The van der Waals surface area contributed by atoms with Crippen molar-refractivity contribution in [1.82, 2.24) is 4.57 Å². The predicted octanol–water partition coefficient (Wildman–Crippen LogP) is 5.74. The third-order valence-electron chi connectivity index (χ3n) is 5.77. The van der Waals surface area contributed by atoms with E-state index in [9.17, 15) is 9.59 Å². The molecule has 0 N–H and O–H groups in total. The van der Waals surface area contributed by atoms with E-state index < -0.39 is 12.0 Å². The van der Waals surface area contributed by atoms with Gasteiger partial charge in [-0.25, -0.2) is 9.79 Å². The van der Waals surface area contributed by atoms with Gasteiger partial charge in [-0.2, -0.15) is 0 Å². The lowest BCUT2D eigenvalue weighted by molar-refractivity contribution is -0.139. The fourth-order valence-electron chi connectivity index (χ4n) is 4.32. The van der Waals surface area contributed by atoms with E-state index in [-0.39, 0.29) is 24.4 Å². The fourth-order valence-corrected chi connectivity index (χ4v) is 7.08. The summed E-state index contributed by atoms with van der Waals surface area (Å²) in [7, 11) is 0. The number of hydrogen-bond donors (Lipinski definition) is 0. The van der Waals surface area contributed by atoms with Gasteiger partial charge in [0, 0.05) is 5.56 Å². The Morgan fingerprint density at radius 1 is 1.18 bits per heavy atom. The Balaban J connectivity index is 1.94. The second-order valence-electron chi connectivity index (χ2n) is 9.49. The van der Waals surface area contributed by atoms with Gasteiger partial charge < -0.3 is 14.2 Å². The largest absolute Gasteiger partial charge is 0.491 e. The van der Waals surface area contributed by atoms with E-state index in [1.54, 1.807) is 18.4 Å². The minimum absolute atomic E-state index is 0.0312. The van der Waals surface area contributed by atoms with Crippen LogP contribution in [0.4, 0.5) is 0 Å². The molecule has 0 fully saturated rings. The van der Waals surface area contributed by atoms with Crippen LogP contribution in [0.1, 0.15) is 58.7 Å². The lowest BCUT2D eigenvalue weighted by atomic mass is 9.95. The highest BCUT2D eigenvalue weighted by Gasteiger charge is 2.35. The Morgan fingerprint density at radius 2 is 1.87 bits per heavy atom. The molecule has 0 radical (unpaired) electrons. The molecular formula is C29H30BrIN2O5S. The van der Waals surface area contributed by atoms with Gasteiger partial charge in [0.25, 0.3) is 5.56 Å². The molecule has 0 amide bonds. The van der Waals surface area contributed by atoms with Crippen LogP contribution in [-0.4, -0.2) is 29.4 Å². The van der Waals surface area contributed by atoms with Crippen molar-refractivity contribution in [3.8, 4) is 11.5 Å². The zero-order chi connectivity index (χ0) is 28.4. The second-order valence-corrected chi connectivity index (χ2v) is 12.5. The van der Waals surface area contributed by atoms with E-state index in [1.807, 2.05) is 70.2 Å². The van der Waals surface area contributed by atoms with Crippen LogP contribution in [0.5, 0.6) is 11.5 Å². The molecule has 3 aromatic rings. The van der Waals surface area contributed by atoms with Crippen LogP contribution < -0.4 is 24.4 Å². The number of nitrogens with zero attached hydrogens (tertiary/aromatic N) is 2. The average molecular weight is 725 g/mol. The average Bonchev–Trinajstić information content (AvgIpc) is 3.15. The number of esters is 1. The smallest absolute Gasteiger partial charge is 0.338 e. The summed E-state index contributed by atoms with van der Waals surface area (Å²) >= 11 is 7.13. The van der Waals surface area contributed by atoms with Crippen molar-refractivity contribution in [2.45, 2.75) is 59.8 Å². The van der Waals surface area contributed by atoms with E-state index >= 15 is 0 Å². The van der Waals surface area contributed by atoms with Gasteiger partial charge in [0.05, 0.1) is 42.7 Å². The topological polar surface area (TPSA) is 79.1 Å². The van der Waals surface area contributed by atoms with Crippen molar-refractivity contribution in [2.75, 3.05) is 6.61 Å². The summed E-state index contributed by atoms with van der Waals surface area (Å²) < 4.78 is 21.3. The van der Waals surface area contributed by atoms with Crippen molar-refractivity contribution in [3.63, 3.8) is 0 Å². The normalized spacial score (nSPS) is 15.4. The van der Waals surface area contributed by atoms with Gasteiger partial charge in [0.15, 0.2) is 4.80 Å². The van der Waals surface area contributed by atoms with Crippen molar-refractivity contribution in [1.29, 1.82) is 0 Å². The van der Waals surface area contributed by atoms with Crippen LogP contribution in [0.2, 0.25) is 0 Å². The van der Waals surface area contributed by atoms with Crippen molar-refractivity contribution < 1.29 is 19.0 Å². The lowest BCUT2D eigenvalue weighted by Gasteiger charge is -2.26. The zero-order valence-electron chi connectivity index (χ0n) is 22.6. The van der Waals surface area contributed by atoms with Crippen molar-refractivity contribution in [3.05, 3.63) is 86.5 Å². The maximum absolute atomic E-state index is 14.0. The summed E-state index contributed by atoms with van der Waals surface area (Å²) in [5, 5.41) is 0. The molecule has 0 unspecified atom stereocenters. The quantitative estimate of drug-likeness (QED) is 0.219. The number of fused-ring (bicyclic) bond motifs is 1. The number of carbonyl (C=O) groups is 1. The van der Waals surface area contributed by atoms with Crippen LogP contribution in [0.15, 0.2) is 61.9 Å². The van der Waals surface area contributed by atoms with Crippen molar-refractivity contribution in [2.24, 2.45) is 4.99 Å². The first-order chi connectivity index (χ1) is 18.5. The van der Waals surface area contributed by atoms with Crippen LogP contribution in [0.3, 0.4) is 0 Å². The Kier molecular flexibility index (Phi) is 9.38. The summed E-state index contributed by atoms with van der Waals surface area (Å²) in [5.41, 5.74) is 2.13. The molecule has 0 aliphatic carbocycles. The Bertz CT molecular complexity index is 1600. The maximum Gasteiger partial charge on any atom is 0.338 e. The first-order valence-corrected chi connectivity index (χ1v) is 15.3. The molecule has 2 aromatic carbocycles. The number of halogens is 2. The highest BCUT2D eigenvalue weighted by atomic mass is 127. The van der Waals surface area contributed by atoms with Gasteiger partial charge in [0.1, 0.15) is 17.5 Å². The van der Waals surface area contributed by atoms with Crippen LogP contribution in [0, 0.1) is 3.57 Å².